The van der Waals surface area contributed by atoms with E-state index in [9.17, 15) is 4.79 Å². The molecule has 0 aliphatic heterocycles. The smallest absolute Gasteiger partial charge is 0.230 e. The predicted molar refractivity (Wildman–Crippen MR) is 95.5 cm³/mol. The molecule has 0 saturated heterocycles. The van der Waals surface area contributed by atoms with Crippen molar-refractivity contribution in [2.75, 3.05) is 5.32 Å². The van der Waals surface area contributed by atoms with Crippen molar-refractivity contribution >= 4 is 34.8 Å². The van der Waals surface area contributed by atoms with Gasteiger partial charge in [-0.25, -0.2) is 4.98 Å². The van der Waals surface area contributed by atoms with Gasteiger partial charge >= 0.3 is 0 Å². The second kappa shape index (κ2) is 7.07. The van der Waals surface area contributed by atoms with Gasteiger partial charge in [-0.05, 0) is 37.3 Å². The molecule has 0 spiro atoms. The van der Waals surface area contributed by atoms with Crippen LogP contribution in [0.15, 0.2) is 52.9 Å². The third-order valence-corrected chi connectivity index (χ3v) is 3.82. The second-order valence-corrected chi connectivity index (χ2v) is 6.14. The number of carbonyl (C=O) groups is 1. The zero-order valence-electron chi connectivity index (χ0n) is 12.8. The SMILES string of the molecule is Cc1oc(-c2ccccc2)nc1CC(=O)Nc1cc(Cl)cc(Cl)c1. The Morgan fingerprint density at radius 3 is 2.46 bits per heavy atom. The van der Waals surface area contributed by atoms with Crippen LogP contribution in [0.25, 0.3) is 11.5 Å². The molecule has 3 aromatic rings. The molecule has 4 nitrogen and oxygen atoms in total. The highest BCUT2D eigenvalue weighted by molar-refractivity contribution is 6.35. The molecule has 0 bridgehead atoms. The number of rotatable bonds is 4. The first-order valence-corrected chi connectivity index (χ1v) is 8.04. The van der Waals surface area contributed by atoms with E-state index in [-0.39, 0.29) is 12.3 Å². The highest BCUT2D eigenvalue weighted by atomic mass is 35.5. The van der Waals surface area contributed by atoms with Gasteiger partial charge < -0.3 is 9.73 Å². The molecule has 6 heteroatoms. The van der Waals surface area contributed by atoms with Crippen LogP contribution in [0.4, 0.5) is 5.69 Å². The van der Waals surface area contributed by atoms with E-state index in [0.717, 1.165) is 5.56 Å². The Morgan fingerprint density at radius 1 is 1.12 bits per heavy atom. The number of oxazole rings is 1. The molecule has 24 heavy (non-hydrogen) atoms. The summed E-state index contributed by atoms with van der Waals surface area (Å²) in [5.74, 6) is 0.902. The van der Waals surface area contributed by atoms with Crippen molar-refractivity contribution in [1.82, 2.24) is 4.98 Å². The first kappa shape index (κ1) is 16.6. The molecule has 0 atom stereocenters. The van der Waals surface area contributed by atoms with E-state index in [1.165, 1.54) is 0 Å². The van der Waals surface area contributed by atoms with Gasteiger partial charge in [-0.15, -0.1) is 0 Å². The predicted octanol–water partition coefficient (Wildman–Crippen LogP) is 5.14. The molecule has 0 saturated carbocycles. The van der Waals surface area contributed by atoms with Gasteiger partial charge in [-0.3, -0.25) is 4.79 Å². The van der Waals surface area contributed by atoms with Crippen LogP contribution in [0, 0.1) is 6.92 Å². The Kier molecular flexibility index (Phi) is 4.88. The summed E-state index contributed by atoms with van der Waals surface area (Å²) in [6, 6.07) is 14.4. The standard InChI is InChI=1S/C18H14Cl2N2O2/c1-11-16(22-18(24-11)12-5-3-2-4-6-12)10-17(23)21-15-8-13(19)7-14(20)9-15/h2-9H,10H2,1H3,(H,21,23). The molecule has 1 heterocycles. The molecular formula is C18H14Cl2N2O2. The molecule has 2 aromatic carbocycles. The van der Waals surface area contributed by atoms with Crippen molar-refractivity contribution in [3.8, 4) is 11.5 Å². The molecule has 0 fully saturated rings. The third-order valence-electron chi connectivity index (χ3n) is 3.39. The van der Waals surface area contributed by atoms with E-state index in [1.807, 2.05) is 30.3 Å². The maximum atomic E-state index is 12.2. The summed E-state index contributed by atoms with van der Waals surface area (Å²) in [4.78, 5) is 16.6. The van der Waals surface area contributed by atoms with Crippen molar-refractivity contribution in [2.45, 2.75) is 13.3 Å². The van der Waals surface area contributed by atoms with Crippen LogP contribution in [0.1, 0.15) is 11.5 Å². The first-order valence-electron chi connectivity index (χ1n) is 7.29. The summed E-state index contributed by atoms with van der Waals surface area (Å²) < 4.78 is 5.66. The van der Waals surface area contributed by atoms with E-state index in [4.69, 9.17) is 27.6 Å². The van der Waals surface area contributed by atoms with Crippen molar-refractivity contribution in [3.05, 3.63) is 70.0 Å². The largest absolute Gasteiger partial charge is 0.441 e. The van der Waals surface area contributed by atoms with Crippen molar-refractivity contribution in [3.63, 3.8) is 0 Å². The van der Waals surface area contributed by atoms with Gasteiger partial charge in [0.15, 0.2) is 0 Å². The molecule has 3 rings (SSSR count). The van der Waals surface area contributed by atoms with Crippen molar-refractivity contribution in [1.29, 1.82) is 0 Å². The normalized spacial score (nSPS) is 10.6. The third kappa shape index (κ3) is 3.96. The van der Waals surface area contributed by atoms with Gasteiger partial charge in [0.25, 0.3) is 0 Å². The molecule has 0 unspecified atom stereocenters. The fraction of sp³-hybridized carbons (Fsp3) is 0.111. The van der Waals surface area contributed by atoms with Gasteiger partial charge in [0, 0.05) is 21.3 Å². The van der Waals surface area contributed by atoms with Crippen LogP contribution in [0.3, 0.4) is 0 Å². The Morgan fingerprint density at radius 2 is 1.79 bits per heavy atom. The lowest BCUT2D eigenvalue weighted by atomic mass is 10.2. The van der Waals surface area contributed by atoms with Gasteiger partial charge in [0.2, 0.25) is 11.8 Å². The molecule has 122 valence electrons. The van der Waals surface area contributed by atoms with Crippen LogP contribution < -0.4 is 5.32 Å². The zero-order valence-corrected chi connectivity index (χ0v) is 14.4. The molecule has 1 amide bonds. The molecular weight excluding hydrogens is 347 g/mol. The number of carbonyl (C=O) groups excluding carboxylic acids is 1. The Bertz CT molecular complexity index is 856. The van der Waals surface area contributed by atoms with E-state index in [0.29, 0.717) is 33.1 Å². The lowest BCUT2D eigenvalue weighted by Crippen LogP contribution is -2.15. The fourth-order valence-electron chi connectivity index (χ4n) is 2.28. The van der Waals surface area contributed by atoms with Crippen molar-refractivity contribution in [2.24, 2.45) is 0 Å². The van der Waals surface area contributed by atoms with Crippen LogP contribution in [-0.4, -0.2) is 10.9 Å². The minimum absolute atomic E-state index is 0.103. The summed E-state index contributed by atoms with van der Waals surface area (Å²) in [6.07, 6.45) is 0.103. The second-order valence-electron chi connectivity index (χ2n) is 5.27. The Labute approximate surface area is 149 Å². The number of nitrogens with zero attached hydrogens (tertiary/aromatic N) is 1. The number of amides is 1. The number of halogens is 2. The van der Waals surface area contributed by atoms with Crippen LogP contribution in [0.5, 0.6) is 0 Å². The lowest BCUT2D eigenvalue weighted by molar-refractivity contribution is -0.115. The number of hydrogen-bond donors (Lipinski definition) is 1. The summed E-state index contributed by atoms with van der Waals surface area (Å²) in [5.41, 5.74) is 2.01. The molecule has 0 aliphatic carbocycles. The maximum Gasteiger partial charge on any atom is 0.230 e. The summed E-state index contributed by atoms with van der Waals surface area (Å²) in [6.45, 7) is 1.79. The average Bonchev–Trinajstić information content (AvgIpc) is 2.88. The molecule has 1 N–H and O–H groups in total. The lowest BCUT2D eigenvalue weighted by Gasteiger charge is -2.05. The average molecular weight is 361 g/mol. The van der Waals surface area contributed by atoms with Crippen molar-refractivity contribution < 1.29 is 9.21 Å². The quantitative estimate of drug-likeness (QED) is 0.700. The minimum atomic E-state index is -0.218. The summed E-state index contributed by atoms with van der Waals surface area (Å²) in [5, 5.41) is 3.68. The highest BCUT2D eigenvalue weighted by Crippen LogP contribution is 2.24. The molecule has 0 radical (unpaired) electrons. The Balaban J connectivity index is 1.74. The van der Waals surface area contributed by atoms with Gasteiger partial charge in [0.1, 0.15) is 5.76 Å². The maximum absolute atomic E-state index is 12.2. The summed E-state index contributed by atoms with van der Waals surface area (Å²) in [7, 11) is 0. The number of hydrogen-bond acceptors (Lipinski definition) is 3. The van der Waals surface area contributed by atoms with Crippen LogP contribution in [0.2, 0.25) is 10.0 Å². The van der Waals surface area contributed by atoms with E-state index in [2.05, 4.69) is 10.3 Å². The Hall–Kier alpha value is -2.30. The molecule has 1 aromatic heterocycles. The number of benzene rings is 2. The van der Waals surface area contributed by atoms with E-state index >= 15 is 0 Å². The topological polar surface area (TPSA) is 55.1 Å². The van der Waals surface area contributed by atoms with Gasteiger partial charge in [-0.1, -0.05) is 41.4 Å². The minimum Gasteiger partial charge on any atom is -0.441 e. The highest BCUT2D eigenvalue weighted by Gasteiger charge is 2.15. The number of anilines is 1. The van der Waals surface area contributed by atoms with Gasteiger partial charge in [-0.2, -0.15) is 0 Å². The monoisotopic (exact) mass is 360 g/mol. The first-order chi connectivity index (χ1) is 11.5. The van der Waals surface area contributed by atoms with E-state index < -0.39 is 0 Å². The summed E-state index contributed by atoms with van der Waals surface area (Å²) >= 11 is 11.9. The van der Waals surface area contributed by atoms with E-state index in [1.54, 1.807) is 25.1 Å². The fourth-order valence-corrected chi connectivity index (χ4v) is 2.81. The number of aryl methyl sites for hydroxylation is 1. The van der Waals surface area contributed by atoms with Crippen LogP contribution in [-0.2, 0) is 11.2 Å². The van der Waals surface area contributed by atoms with Gasteiger partial charge in [0.05, 0.1) is 12.1 Å². The number of aromatic nitrogens is 1. The zero-order chi connectivity index (χ0) is 17.1. The number of nitrogens with one attached hydrogen (secondary N) is 1. The molecule has 0 aliphatic rings. The van der Waals surface area contributed by atoms with Crippen LogP contribution >= 0.6 is 23.2 Å².